The van der Waals surface area contributed by atoms with Crippen LogP contribution >= 0.6 is 0 Å². The SMILES string of the molecule is CCc1nccn1C1CCCN(C(=O)c2ccc3nncn3c2)C1. The molecule has 0 saturated carbocycles. The van der Waals surface area contributed by atoms with Gasteiger partial charge in [-0.1, -0.05) is 6.92 Å². The molecule has 1 amide bonds. The average Bonchev–Trinajstić information content (AvgIpc) is 3.29. The Hall–Kier alpha value is -2.70. The van der Waals surface area contributed by atoms with Crippen molar-refractivity contribution in [3.8, 4) is 0 Å². The van der Waals surface area contributed by atoms with Gasteiger partial charge in [-0.15, -0.1) is 10.2 Å². The Bertz CT molecular complexity index is 867. The molecule has 4 heterocycles. The molecule has 0 bridgehead atoms. The van der Waals surface area contributed by atoms with E-state index in [-0.39, 0.29) is 5.91 Å². The van der Waals surface area contributed by atoms with Gasteiger partial charge in [-0.05, 0) is 25.0 Å². The minimum Gasteiger partial charge on any atom is -0.337 e. The third kappa shape index (κ3) is 2.55. The summed E-state index contributed by atoms with van der Waals surface area (Å²) in [6.07, 6.45) is 10.3. The number of fused-ring (bicyclic) bond motifs is 1. The van der Waals surface area contributed by atoms with Crippen LogP contribution in [-0.4, -0.2) is 48.0 Å². The number of hydrogen-bond donors (Lipinski definition) is 0. The molecule has 1 aliphatic rings. The molecule has 1 fully saturated rings. The number of carbonyl (C=O) groups excluding carboxylic acids is 1. The summed E-state index contributed by atoms with van der Waals surface area (Å²) >= 11 is 0. The lowest BCUT2D eigenvalue weighted by Gasteiger charge is -2.34. The highest BCUT2D eigenvalue weighted by atomic mass is 16.2. The minimum atomic E-state index is 0.0634. The van der Waals surface area contributed by atoms with Crippen LogP contribution in [0.4, 0.5) is 0 Å². The van der Waals surface area contributed by atoms with Gasteiger partial charge in [0.15, 0.2) is 5.65 Å². The van der Waals surface area contributed by atoms with E-state index < -0.39 is 0 Å². The lowest BCUT2D eigenvalue weighted by Crippen LogP contribution is -2.41. The number of aryl methyl sites for hydroxylation is 1. The number of carbonyl (C=O) groups is 1. The van der Waals surface area contributed by atoms with Crippen molar-refractivity contribution in [1.82, 2.24) is 29.0 Å². The smallest absolute Gasteiger partial charge is 0.255 e. The van der Waals surface area contributed by atoms with Gasteiger partial charge in [0.05, 0.1) is 11.6 Å². The maximum Gasteiger partial charge on any atom is 0.255 e. The van der Waals surface area contributed by atoms with Crippen LogP contribution in [0.15, 0.2) is 37.1 Å². The molecule has 7 nitrogen and oxygen atoms in total. The molecule has 3 aromatic heterocycles. The highest BCUT2D eigenvalue weighted by molar-refractivity contribution is 5.94. The first-order valence-electron chi connectivity index (χ1n) is 8.36. The molecule has 1 aliphatic heterocycles. The van der Waals surface area contributed by atoms with E-state index in [2.05, 4.69) is 26.7 Å². The van der Waals surface area contributed by atoms with Crippen LogP contribution in [0, 0.1) is 0 Å². The quantitative estimate of drug-likeness (QED) is 0.738. The molecule has 0 spiro atoms. The van der Waals surface area contributed by atoms with Crippen LogP contribution in [0.25, 0.3) is 5.65 Å². The van der Waals surface area contributed by atoms with Crippen molar-refractivity contribution in [3.05, 3.63) is 48.4 Å². The van der Waals surface area contributed by atoms with Crippen LogP contribution in [0.1, 0.15) is 42.0 Å². The number of amides is 1. The zero-order valence-corrected chi connectivity index (χ0v) is 13.7. The van der Waals surface area contributed by atoms with Gasteiger partial charge >= 0.3 is 0 Å². The van der Waals surface area contributed by atoms with E-state index in [0.29, 0.717) is 11.6 Å². The molecule has 0 aliphatic carbocycles. The first-order chi connectivity index (χ1) is 11.8. The third-order valence-corrected chi connectivity index (χ3v) is 4.68. The Balaban J connectivity index is 1.55. The maximum atomic E-state index is 12.9. The summed E-state index contributed by atoms with van der Waals surface area (Å²) in [6, 6.07) is 3.95. The van der Waals surface area contributed by atoms with E-state index >= 15 is 0 Å². The summed E-state index contributed by atoms with van der Waals surface area (Å²) < 4.78 is 4.00. The van der Waals surface area contributed by atoms with Crippen molar-refractivity contribution in [2.45, 2.75) is 32.2 Å². The molecular weight excluding hydrogens is 304 g/mol. The van der Waals surface area contributed by atoms with Crippen LogP contribution in [0.3, 0.4) is 0 Å². The minimum absolute atomic E-state index is 0.0634. The standard InChI is InChI=1S/C17H20N6O/c1-2-15-18-7-9-23(15)14-4-3-8-21(11-14)17(24)13-5-6-16-20-19-12-22(16)10-13/h5-7,9-10,12,14H,2-4,8,11H2,1H3. The number of imidazole rings is 1. The maximum absolute atomic E-state index is 12.9. The summed E-state index contributed by atoms with van der Waals surface area (Å²) in [7, 11) is 0. The van der Waals surface area contributed by atoms with Gasteiger partial charge in [-0.25, -0.2) is 4.98 Å². The molecule has 0 N–H and O–H groups in total. The highest BCUT2D eigenvalue weighted by Gasteiger charge is 2.26. The molecule has 1 saturated heterocycles. The number of aromatic nitrogens is 5. The van der Waals surface area contributed by atoms with E-state index in [4.69, 9.17) is 0 Å². The van der Waals surface area contributed by atoms with Crippen molar-refractivity contribution in [3.63, 3.8) is 0 Å². The molecular formula is C17H20N6O. The van der Waals surface area contributed by atoms with Gasteiger partial charge in [0, 0.05) is 38.1 Å². The molecule has 4 rings (SSSR count). The van der Waals surface area contributed by atoms with Gasteiger partial charge < -0.3 is 9.47 Å². The van der Waals surface area contributed by atoms with Crippen molar-refractivity contribution in [2.75, 3.05) is 13.1 Å². The largest absolute Gasteiger partial charge is 0.337 e. The van der Waals surface area contributed by atoms with Crippen LogP contribution in [0.5, 0.6) is 0 Å². The molecule has 1 atom stereocenters. The second-order valence-corrected chi connectivity index (χ2v) is 6.17. The first kappa shape index (κ1) is 14.9. The fraction of sp³-hybridized carbons (Fsp3) is 0.412. The molecule has 24 heavy (non-hydrogen) atoms. The topological polar surface area (TPSA) is 68.3 Å². The molecule has 7 heteroatoms. The van der Waals surface area contributed by atoms with Crippen molar-refractivity contribution >= 4 is 11.6 Å². The third-order valence-electron chi connectivity index (χ3n) is 4.68. The lowest BCUT2D eigenvalue weighted by molar-refractivity contribution is 0.0677. The summed E-state index contributed by atoms with van der Waals surface area (Å²) in [6.45, 7) is 3.63. The number of piperidine rings is 1. The fourth-order valence-corrected chi connectivity index (χ4v) is 3.45. The second kappa shape index (κ2) is 6.07. The molecule has 1 unspecified atom stereocenters. The van der Waals surface area contributed by atoms with E-state index in [0.717, 1.165) is 43.8 Å². The van der Waals surface area contributed by atoms with E-state index in [1.165, 1.54) is 0 Å². The average molecular weight is 324 g/mol. The van der Waals surface area contributed by atoms with Crippen LogP contribution in [0.2, 0.25) is 0 Å². The Morgan fingerprint density at radius 3 is 3.17 bits per heavy atom. The normalized spacial score (nSPS) is 18.2. The second-order valence-electron chi connectivity index (χ2n) is 6.17. The lowest BCUT2D eigenvalue weighted by atomic mass is 10.0. The number of hydrogen-bond acceptors (Lipinski definition) is 4. The summed E-state index contributed by atoms with van der Waals surface area (Å²) in [5, 5.41) is 7.83. The van der Waals surface area contributed by atoms with Crippen molar-refractivity contribution in [2.24, 2.45) is 0 Å². The van der Waals surface area contributed by atoms with Crippen molar-refractivity contribution in [1.29, 1.82) is 0 Å². The Morgan fingerprint density at radius 1 is 1.38 bits per heavy atom. The van der Waals surface area contributed by atoms with Gasteiger partial charge in [0.1, 0.15) is 12.2 Å². The molecule has 124 valence electrons. The number of pyridine rings is 1. The summed E-state index contributed by atoms with van der Waals surface area (Å²) in [4.78, 5) is 19.2. The first-order valence-corrected chi connectivity index (χ1v) is 8.36. The van der Waals surface area contributed by atoms with E-state index in [9.17, 15) is 4.79 Å². The van der Waals surface area contributed by atoms with Gasteiger partial charge in [0.25, 0.3) is 5.91 Å². The molecule has 0 aromatic carbocycles. The Labute approximate surface area is 139 Å². The number of rotatable bonds is 3. The number of likely N-dealkylation sites (tertiary alicyclic amines) is 1. The fourth-order valence-electron chi connectivity index (χ4n) is 3.45. The Morgan fingerprint density at radius 2 is 2.29 bits per heavy atom. The van der Waals surface area contributed by atoms with Gasteiger partial charge in [0.2, 0.25) is 0 Å². The summed E-state index contributed by atoms with van der Waals surface area (Å²) in [5.41, 5.74) is 1.42. The predicted molar refractivity (Wildman–Crippen MR) is 88.8 cm³/mol. The number of nitrogens with zero attached hydrogens (tertiary/aromatic N) is 6. The summed E-state index contributed by atoms with van der Waals surface area (Å²) in [5.74, 6) is 1.15. The zero-order valence-electron chi connectivity index (χ0n) is 13.7. The van der Waals surface area contributed by atoms with Crippen LogP contribution in [-0.2, 0) is 6.42 Å². The zero-order chi connectivity index (χ0) is 16.5. The molecule has 3 aromatic rings. The van der Waals surface area contributed by atoms with Crippen LogP contribution < -0.4 is 0 Å². The van der Waals surface area contributed by atoms with Gasteiger partial charge in [-0.3, -0.25) is 9.20 Å². The Kier molecular flexibility index (Phi) is 3.76. The van der Waals surface area contributed by atoms with E-state index in [1.54, 1.807) is 16.9 Å². The van der Waals surface area contributed by atoms with Crippen molar-refractivity contribution < 1.29 is 4.79 Å². The molecule has 0 radical (unpaired) electrons. The monoisotopic (exact) mass is 324 g/mol. The highest BCUT2D eigenvalue weighted by Crippen LogP contribution is 2.24. The predicted octanol–water partition coefficient (Wildman–Crippen LogP) is 1.97. The van der Waals surface area contributed by atoms with Gasteiger partial charge in [-0.2, -0.15) is 0 Å². The van der Waals surface area contributed by atoms with E-state index in [1.807, 2.05) is 29.4 Å².